The molecule has 3 fully saturated rings. The van der Waals surface area contributed by atoms with Gasteiger partial charge in [-0.2, -0.15) is 0 Å². The number of hydrogen-bond acceptors (Lipinski definition) is 5. The molecule has 7 nitrogen and oxygen atoms in total. The van der Waals surface area contributed by atoms with E-state index in [1.165, 1.54) is 0 Å². The molecule has 1 atom stereocenters. The first-order valence-corrected chi connectivity index (χ1v) is 10.5. The zero-order valence-electron chi connectivity index (χ0n) is 16.9. The van der Waals surface area contributed by atoms with Gasteiger partial charge in [0.2, 0.25) is 11.7 Å². The lowest BCUT2D eigenvalue weighted by atomic mass is 9.92. The van der Waals surface area contributed by atoms with Crippen molar-refractivity contribution in [2.24, 2.45) is 5.92 Å². The van der Waals surface area contributed by atoms with Crippen molar-refractivity contribution in [1.82, 2.24) is 19.6 Å². The van der Waals surface area contributed by atoms with Crippen LogP contribution in [0.5, 0.6) is 0 Å². The van der Waals surface area contributed by atoms with Gasteiger partial charge in [0.1, 0.15) is 0 Å². The molecule has 0 aliphatic carbocycles. The van der Waals surface area contributed by atoms with Crippen LogP contribution in [0.15, 0.2) is 0 Å². The molecule has 0 bridgehead atoms. The lowest BCUT2D eigenvalue weighted by Gasteiger charge is -2.43. The zero-order valence-corrected chi connectivity index (χ0v) is 16.9. The number of carbonyl (C=O) groups excluding carboxylic acids is 3. The minimum absolute atomic E-state index is 0.114. The maximum absolute atomic E-state index is 12.9. The number of ketones is 1. The minimum atomic E-state index is -0.322. The highest BCUT2D eigenvalue weighted by Gasteiger charge is 2.35. The summed E-state index contributed by atoms with van der Waals surface area (Å²) in [5.41, 5.74) is 0. The number of nitrogens with zero attached hydrogens (tertiary/aromatic N) is 4. The molecule has 0 spiro atoms. The van der Waals surface area contributed by atoms with E-state index >= 15 is 0 Å². The maximum Gasteiger partial charge on any atom is 0.289 e. The zero-order chi connectivity index (χ0) is 19.4. The van der Waals surface area contributed by atoms with Gasteiger partial charge in [0.05, 0.1) is 5.92 Å². The van der Waals surface area contributed by atoms with E-state index < -0.39 is 0 Å². The smallest absolute Gasteiger partial charge is 0.289 e. The van der Waals surface area contributed by atoms with E-state index in [0.717, 1.165) is 65.0 Å². The third kappa shape index (κ3) is 4.88. The number of Topliss-reactive ketones (excluding diaryl/α,β-unsaturated/α-hetero) is 1. The summed E-state index contributed by atoms with van der Waals surface area (Å²) >= 11 is 0. The van der Waals surface area contributed by atoms with Crippen LogP contribution >= 0.6 is 0 Å². The van der Waals surface area contributed by atoms with Crippen LogP contribution in [-0.2, 0) is 14.4 Å². The van der Waals surface area contributed by atoms with Crippen molar-refractivity contribution in [2.45, 2.75) is 45.1 Å². The van der Waals surface area contributed by atoms with E-state index in [0.29, 0.717) is 25.0 Å². The third-order valence-electron chi connectivity index (χ3n) is 6.44. The van der Waals surface area contributed by atoms with Gasteiger partial charge in [-0.1, -0.05) is 6.92 Å². The summed E-state index contributed by atoms with van der Waals surface area (Å²) in [6.45, 7) is 8.55. The van der Waals surface area contributed by atoms with Gasteiger partial charge in [0.25, 0.3) is 5.91 Å². The first kappa shape index (κ1) is 20.3. The number of rotatable bonds is 4. The van der Waals surface area contributed by atoms with Crippen LogP contribution in [0.3, 0.4) is 0 Å². The quantitative estimate of drug-likeness (QED) is 0.665. The van der Waals surface area contributed by atoms with Gasteiger partial charge in [0, 0.05) is 58.3 Å². The van der Waals surface area contributed by atoms with Gasteiger partial charge < -0.3 is 14.7 Å². The van der Waals surface area contributed by atoms with Crippen LogP contribution in [-0.4, -0.2) is 103 Å². The van der Waals surface area contributed by atoms with Crippen LogP contribution in [0.25, 0.3) is 0 Å². The van der Waals surface area contributed by atoms with E-state index in [4.69, 9.17) is 0 Å². The SMILES string of the molecule is CCC(=O)C(=O)N1CCC(N2CCC[C@@H](C(=O)N3CCN(C)CC3)C2)CC1. The topological polar surface area (TPSA) is 64.2 Å². The van der Waals surface area contributed by atoms with Crippen LogP contribution in [0, 0.1) is 5.92 Å². The summed E-state index contributed by atoms with van der Waals surface area (Å²) < 4.78 is 0. The molecule has 3 aliphatic rings. The van der Waals surface area contributed by atoms with Crippen molar-refractivity contribution < 1.29 is 14.4 Å². The van der Waals surface area contributed by atoms with Gasteiger partial charge >= 0.3 is 0 Å². The Morgan fingerprint density at radius 1 is 0.852 bits per heavy atom. The van der Waals surface area contributed by atoms with Gasteiger partial charge in [-0.15, -0.1) is 0 Å². The van der Waals surface area contributed by atoms with E-state index in [-0.39, 0.29) is 24.0 Å². The van der Waals surface area contributed by atoms with Gasteiger partial charge in [0.15, 0.2) is 0 Å². The van der Waals surface area contributed by atoms with E-state index in [1.807, 2.05) is 4.90 Å². The molecule has 0 aromatic rings. The predicted octanol–water partition coefficient (Wildman–Crippen LogP) is 0.443. The molecule has 3 heterocycles. The first-order chi connectivity index (χ1) is 13.0. The normalized spacial score (nSPS) is 26.2. The van der Waals surface area contributed by atoms with Crippen molar-refractivity contribution in [3.05, 3.63) is 0 Å². The summed E-state index contributed by atoms with van der Waals surface area (Å²) in [5.74, 6) is -0.167. The standard InChI is InChI=1S/C20H34N4O3/c1-3-18(25)20(27)22-9-6-17(7-10-22)24-8-4-5-16(15-24)19(26)23-13-11-21(2)12-14-23/h16-17H,3-15H2,1-2H3/t16-/m1/s1. The minimum Gasteiger partial charge on any atom is -0.340 e. The second kappa shape index (κ2) is 9.15. The monoisotopic (exact) mass is 378 g/mol. The van der Waals surface area contributed by atoms with Crippen molar-refractivity contribution in [3.8, 4) is 0 Å². The second-order valence-corrected chi connectivity index (χ2v) is 8.26. The Morgan fingerprint density at radius 3 is 2.15 bits per heavy atom. The molecule has 0 aromatic carbocycles. The molecular formula is C20H34N4O3. The molecule has 0 saturated carbocycles. The van der Waals surface area contributed by atoms with Gasteiger partial charge in [-0.25, -0.2) is 0 Å². The number of likely N-dealkylation sites (N-methyl/N-ethyl adjacent to an activating group) is 1. The van der Waals surface area contributed by atoms with Crippen LogP contribution in [0.1, 0.15) is 39.0 Å². The van der Waals surface area contributed by atoms with Gasteiger partial charge in [-0.05, 0) is 39.3 Å². The fraction of sp³-hybridized carbons (Fsp3) is 0.850. The molecule has 3 saturated heterocycles. The van der Waals surface area contributed by atoms with Crippen molar-refractivity contribution in [2.75, 3.05) is 59.4 Å². The summed E-state index contributed by atoms with van der Waals surface area (Å²) in [5, 5.41) is 0. The van der Waals surface area contributed by atoms with Crippen LogP contribution < -0.4 is 0 Å². The number of amides is 2. The fourth-order valence-electron chi connectivity index (χ4n) is 4.59. The number of piperazine rings is 1. The molecule has 2 amide bonds. The summed E-state index contributed by atoms with van der Waals surface area (Å²) in [6.07, 6.45) is 4.14. The molecule has 3 rings (SSSR count). The summed E-state index contributed by atoms with van der Waals surface area (Å²) in [4.78, 5) is 45.1. The largest absolute Gasteiger partial charge is 0.340 e. The predicted molar refractivity (Wildman–Crippen MR) is 103 cm³/mol. The summed E-state index contributed by atoms with van der Waals surface area (Å²) in [6, 6.07) is 0.425. The summed E-state index contributed by atoms with van der Waals surface area (Å²) in [7, 11) is 2.11. The first-order valence-electron chi connectivity index (χ1n) is 10.5. The Bertz CT molecular complexity index is 551. The Kier molecular flexibility index (Phi) is 6.87. The highest BCUT2D eigenvalue weighted by molar-refractivity contribution is 6.35. The maximum atomic E-state index is 12.9. The lowest BCUT2D eigenvalue weighted by molar-refractivity contribution is -0.145. The van der Waals surface area contributed by atoms with E-state index in [9.17, 15) is 14.4 Å². The lowest BCUT2D eigenvalue weighted by Crippen LogP contribution is -2.54. The Labute approximate surface area is 162 Å². The molecule has 0 N–H and O–H groups in total. The number of carbonyl (C=O) groups is 3. The van der Waals surface area contributed by atoms with Crippen LogP contribution in [0.2, 0.25) is 0 Å². The van der Waals surface area contributed by atoms with E-state index in [2.05, 4.69) is 16.8 Å². The van der Waals surface area contributed by atoms with Crippen molar-refractivity contribution in [3.63, 3.8) is 0 Å². The molecule has 0 radical (unpaired) electrons. The highest BCUT2D eigenvalue weighted by atomic mass is 16.2. The highest BCUT2D eigenvalue weighted by Crippen LogP contribution is 2.25. The van der Waals surface area contributed by atoms with Gasteiger partial charge in [-0.3, -0.25) is 19.3 Å². The average Bonchev–Trinajstić information content (AvgIpc) is 2.73. The Balaban J connectivity index is 1.49. The van der Waals surface area contributed by atoms with Crippen LogP contribution in [0.4, 0.5) is 0 Å². The third-order valence-corrected chi connectivity index (χ3v) is 6.44. The number of piperidine rings is 2. The fourth-order valence-corrected chi connectivity index (χ4v) is 4.59. The molecular weight excluding hydrogens is 344 g/mol. The van der Waals surface area contributed by atoms with Crippen molar-refractivity contribution in [1.29, 1.82) is 0 Å². The van der Waals surface area contributed by atoms with Crippen molar-refractivity contribution >= 4 is 17.6 Å². The molecule has 3 aliphatic heterocycles. The Hall–Kier alpha value is -1.47. The van der Waals surface area contributed by atoms with E-state index in [1.54, 1.807) is 11.8 Å². The molecule has 0 unspecified atom stereocenters. The molecule has 152 valence electrons. The number of hydrogen-bond donors (Lipinski definition) is 0. The Morgan fingerprint density at radius 2 is 1.52 bits per heavy atom. The average molecular weight is 379 g/mol. The molecule has 27 heavy (non-hydrogen) atoms. The number of likely N-dealkylation sites (tertiary alicyclic amines) is 2. The molecule has 0 aromatic heterocycles. The second-order valence-electron chi connectivity index (χ2n) is 8.26. The molecule has 7 heteroatoms.